The number of carbonyl (C=O) groups excluding carboxylic acids is 1. The lowest BCUT2D eigenvalue weighted by molar-refractivity contribution is 0.0937. The number of carbonyl (C=O) groups is 1. The third kappa shape index (κ3) is 3.11. The van der Waals surface area contributed by atoms with Crippen LogP contribution in [-0.4, -0.2) is 28.5 Å². The SMILES string of the molecule is O=C(NC1CCCC1)c1cnc(N2CCc3ccccc3C2)nc1. The molecule has 0 saturated heterocycles. The Morgan fingerprint density at radius 3 is 2.54 bits per heavy atom. The minimum atomic E-state index is -0.0579. The number of fused-ring (bicyclic) bond motifs is 1. The Bertz CT molecular complexity index is 722. The highest BCUT2D eigenvalue weighted by molar-refractivity contribution is 5.93. The van der Waals surface area contributed by atoms with Crippen molar-refractivity contribution in [2.45, 2.75) is 44.7 Å². The van der Waals surface area contributed by atoms with Crippen LogP contribution in [0.25, 0.3) is 0 Å². The van der Waals surface area contributed by atoms with Crippen LogP contribution in [0.5, 0.6) is 0 Å². The molecule has 1 aliphatic heterocycles. The Balaban J connectivity index is 1.43. The van der Waals surface area contributed by atoms with Crippen LogP contribution < -0.4 is 10.2 Å². The Labute approximate surface area is 142 Å². The van der Waals surface area contributed by atoms with E-state index in [0.29, 0.717) is 17.6 Å². The van der Waals surface area contributed by atoms with Gasteiger partial charge in [0.05, 0.1) is 5.56 Å². The maximum atomic E-state index is 12.2. The molecule has 1 fully saturated rings. The molecule has 0 spiro atoms. The van der Waals surface area contributed by atoms with Crippen LogP contribution in [-0.2, 0) is 13.0 Å². The van der Waals surface area contributed by atoms with E-state index in [2.05, 4.69) is 44.5 Å². The van der Waals surface area contributed by atoms with Gasteiger partial charge in [0.2, 0.25) is 5.95 Å². The van der Waals surface area contributed by atoms with Crippen molar-refractivity contribution in [2.75, 3.05) is 11.4 Å². The molecule has 0 atom stereocenters. The summed E-state index contributed by atoms with van der Waals surface area (Å²) in [5.74, 6) is 0.638. The molecule has 5 nitrogen and oxygen atoms in total. The number of nitrogens with zero attached hydrogens (tertiary/aromatic N) is 3. The molecule has 2 aromatic rings. The van der Waals surface area contributed by atoms with E-state index in [0.717, 1.165) is 32.4 Å². The molecule has 1 amide bonds. The average molecular weight is 322 g/mol. The Kier molecular flexibility index (Phi) is 4.15. The van der Waals surface area contributed by atoms with E-state index in [9.17, 15) is 4.79 Å². The summed E-state index contributed by atoms with van der Waals surface area (Å²) < 4.78 is 0. The third-order valence-electron chi connectivity index (χ3n) is 5.00. The summed E-state index contributed by atoms with van der Waals surface area (Å²) >= 11 is 0. The molecule has 1 aromatic carbocycles. The number of anilines is 1. The highest BCUT2D eigenvalue weighted by Crippen LogP contribution is 2.22. The van der Waals surface area contributed by atoms with Crippen LogP contribution in [0, 0.1) is 0 Å². The fourth-order valence-electron chi connectivity index (χ4n) is 3.61. The van der Waals surface area contributed by atoms with Crippen LogP contribution in [0.4, 0.5) is 5.95 Å². The van der Waals surface area contributed by atoms with Gasteiger partial charge in [-0.1, -0.05) is 37.1 Å². The number of rotatable bonds is 3. The largest absolute Gasteiger partial charge is 0.349 e. The molecule has 4 rings (SSSR count). The minimum absolute atomic E-state index is 0.0579. The molecule has 5 heteroatoms. The summed E-state index contributed by atoms with van der Waals surface area (Å²) in [6.07, 6.45) is 8.87. The molecule has 1 aromatic heterocycles. The van der Waals surface area contributed by atoms with Crippen molar-refractivity contribution in [3.8, 4) is 0 Å². The fraction of sp³-hybridized carbons (Fsp3) is 0.421. The van der Waals surface area contributed by atoms with Gasteiger partial charge in [0.25, 0.3) is 5.91 Å². The highest BCUT2D eigenvalue weighted by atomic mass is 16.1. The zero-order valence-electron chi connectivity index (χ0n) is 13.7. The first-order valence-electron chi connectivity index (χ1n) is 8.74. The third-order valence-corrected chi connectivity index (χ3v) is 5.00. The maximum Gasteiger partial charge on any atom is 0.254 e. The van der Waals surface area contributed by atoms with E-state index in [-0.39, 0.29) is 5.91 Å². The predicted octanol–water partition coefficient (Wildman–Crippen LogP) is 2.71. The van der Waals surface area contributed by atoms with E-state index in [1.807, 2.05) is 0 Å². The van der Waals surface area contributed by atoms with Gasteiger partial charge in [-0.05, 0) is 30.4 Å². The van der Waals surface area contributed by atoms with Gasteiger partial charge in [0.1, 0.15) is 0 Å². The van der Waals surface area contributed by atoms with Gasteiger partial charge in [-0.3, -0.25) is 4.79 Å². The molecule has 0 unspecified atom stereocenters. The standard InChI is InChI=1S/C19H22N4O/c24-18(22-17-7-3-4-8-17)16-11-20-19(21-12-16)23-10-9-14-5-1-2-6-15(14)13-23/h1-2,5-6,11-12,17H,3-4,7-10,13H2,(H,22,24). The van der Waals surface area contributed by atoms with E-state index >= 15 is 0 Å². The van der Waals surface area contributed by atoms with Crippen LogP contribution in [0.2, 0.25) is 0 Å². The molecule has 0 bridgehead atoms. The first-order valence-corrected chi connectivity index (χ1v) is 8.74. The van der Waals surface area contributed by atoms with E-state index in [1.54, 1.807) is 12.4 Å². The summed E-state index contributed by atoms with van der Waals surface area (Å²) in [4.78, 5) is 23.3. The Morgan fingerprint density at radius 2 is 1.79 bits per heavy atom. The van der Waals surface area contributed by atoms with Gasteiger partial charge in [0, 0.05) is 31.5 Å². The van der Waals surface area contributed by atoms with Crippen molar-refractivity contribution in [1.82, 2.24) is 15.3 Å². The van der Waals surface area contributed by atoms with Crippen LogP contribution >= 0.6 is 0 Å². The quantitative estimate of drug-likeness (QED) is 0.944. The van der Waals surface area contributed by atoms with Crippen molar-refractivity contribution in [2.24, 2.45) is 0 Å². The molecule has 2 aliphatic rings. The van der Waals surface area contributed by atoms with Crippen LogP contribution in [0.3, 0.4) is 0 Å². The second kappa shape index (κ2) is 6.59. The molecular formula is C19H22N4O. The van der Waals surface area contributed by atoms with Gasteiger partial charge < -0.3 is 10.2 Å². The van der Waals surface area contributed by atoms with Gasteiger partial charge in [-0.2, -0.15) is 0 Å². The highest BCUT2D eigenvalue weighted by Gasteiger charge is 2.20. The predicted molar refractivity (Wildman–Crippen MR) is 93.0 cm³/mol. The smallest absolute Gasteiger partial charge is 0.254 e. The number of hydrogen-bond donors (Lipinski definition) is 1. The molecule has 24 heavy (non-hydrogen) atoms. The first kappa shape index (κ1) is 15.1. The second-order valence-electron chi connectivity index (χ2n) is 6.67. The zero-order chi connectivity index (χ0) is 16.4. The summed E-state index contributed by atoms with van der Waals surface area (Å²) in [7, 11) is 0. The normalized spacial score (nSPS) is 17.6. The van der Waals surface area contributed by atoms with E-state index < -0.39 is 0 Å². The maximum absolute atomic E-state index is 12.2. The van der Waals surface area contributed by atoms with Gasteiger partial charge in [-0.25, -0.2) is 9.97 Å². The zero-order valence-corrected chi connectivity index (χ0v) is 13.7. The molecule has 1 saturated carbocycles. The number of hydrogen-bond acceptors (Lipinski definition) is 4. The summed E-state index contributed by atoms with van der Waals surface area (Å²) in [6.45, 7) is 1.73. The number of aromatic nitrogens is 2. The minimum Gasteiger partial charge on any atom is -0.349 e. The van der Waals surface area contributed by atoms with Gasteiger partial charge in [0.15, 0.2) is 0 Å². The number of amides is 1. The average Bonchev–Trinajstić information content (AvgIpc) is 3.14. The first-order chi connectivity index (χ1) is 11.8. The number of benzene rings is 1. The molecule has 1 N–H and O–H groups in total. The van der Waals surface area contributed by atoms with Gasteiger partial charge in [-0.15, -0.1) is 0 Å². The van der Waals surface area contributed by atoms with Crippen molar-refractivity contribution in [1.29, 1.82) is 0 Å². The van der Waals surface area contributed by atoms with Crippen molar-refractivity contribution in [3.05, 3.63) is 53.3 Å². The Hall–Kier alpha value is -2.43. The molecule has 2 heterocycles. The van der Waals surface area contributed by atoms with Crippen LogP contribution in [0.15, 0.2) is 36.7 Å². The molecule has 124 valence electrons. The molecular weight excluding hydrogens is 300 g/mol. The lowest BCUT2D eigenvalue weighted by Crippen LogP contribution is -2.33. The summed E-state index contributed by atoms with van der Waals surface area (Å²) in [5, 5.41) is 3.07. The summed E-state index contributed by atoms with van der Waals surface area (Å²) in [6, 6.07) is 8.81. The van der Waals surface area contributed by atoms with Crippen molar-refractivity contribution in [3.63, 3.8) is 0 Å². The molecule has 1 aliphatic carbocycles. The molecule has 0 radical (unpaired) electrons. The number of nitrogens with one attached hydrogen (secondary N) is 1. The lowest BCUT2D eigenvalue weighted by atomic mass is 10.0. The van der Waals surface area contributed by atoms with E-state index in [4.69, 9.17) is 0 Å². The second-order valence-corrected chi connectivity index (χ2v) is 6.67. The van der Waals surface area contributed by atoms with Crippen molar-refractivity contribution < 1.29 is 4.79 Å². The van der Waals surface area contributed by atoms with E-state index in [1.165, 1.54) is 24.0 Å². The topological polar surface area (TPSA) is 58.1 Å². The fourth-order valence-corrected chi connectivity index (χ4v) is 3.61. The summed E-state index contributed by atoms with van der Waals surface area (Å²) in [5.41, 5.74) is 3.28. The lowest BCUT2D eigenvalue weighted by Gasteiger charge is -2.28. The van der Waals surface area contributed by atoms with Gasteiger partial charge >= 0.3 is 0 Å². The Morgan fingerprint density at radius 1 is 1.08 bits per heavy atom. The van der Waals surface area contributed by atoms with Crippen molar-refractivity contribution >= 4 is 11.9 Å². The van der Waals surface area contributed by atoms with Crippen LogP contribution in [0.1, 0.15) is 47.2 Å². The monoisotopic (exact) mass is 322 g/mol.